The summed E-state index contributed by atoms with van der Waals surface area (Å²) in [5, 5.41) is 9.24. The Balaban J connectivity index is 2.01. The predicted molar refractivity (Wildman–Crippen MR) is 105 cm³/mol. The Morgan fingerprint density at radius 1 is 0.971 bits per heavy atom. The fourth-order valence-electron chi connectivity index (χ4n) is 3.08. The molecule has 0 unspecified atom stereocenters. The van der Waals surface area contributed by atoms with Gasteiger partial charge in [-0.25, -0.2) is 9.59 Å². The van der Waals surface area contributed by atoms with E-state index in [1.165, 1.54) is 27.0 Å². The van der Waals surface area contributed by atoms with Crippen molar-refractivity contribution in [1.29, 1.82) is 0 Å². The molecular weight excluding hydrogens is 478 g/mol. The number of rotatable bonds is 7. The summed E-state index contributed by atoms with van der Waals surface area (Å²) in [6, 6.07) is 4.75. The summed E-state index contributed by atoms with van der Waals surface area (Å²) in [7, 11) is 1.41. The molecule has 34 heavy (non-hydrogen) atoms. The van der Waals surface area contributed by atoms with Gasteiger partial charge in [0.25, 0.3) is 6.10 Å². The number of halogens is 6. The summed E-state index contributed by atoms with van der Waals surface area (Å²) in [6.45, 7) is 3.00. The average Bonchev–Trinajstić information content (AvgIpc) is 2.70. The highest BCUT2D eigenvalue weighted by Gasteiger charge is 2.60. The number of nitrogens with zero attached hydrogens (tertiary/aromatic N) is 2. The minimum absolute atomic E-state index is 0.145. The van der Waals surface area contributed by atoms with E-state index in [1.807, 2.05) is 0 Å². The molecule has 0 spiro atoms. The molecular formula is C20H24F6N2O6. The maximum atomic E-state index is 12.6. The fraction of sp³-hybridized carbons (Fsp3) is 0.600. The molecule has 0 radical (unpaired) electrons. The minimum atomic E-state index is -5.78. The molecule has 1 fully saturated rings. The number of carbonyl (C=O) groups is 2. The van der Waals surface area contributed by atoms with Crippen LogP contribution >= 0.6 is 0 Å². The Hall–Kier alpha value is -2.90. The molecule has 0 saturated carbocycles. The number of aliphatic carboxylic acids is 1. The molecule has 1 N–H and O–H groups in total. The van der Waals surface area contributed by atoms with E-state index in [0.717, 1.165) is 4.90 Å². The zero-order chi connectivity index (χ0) is 25.9. The number of carbonyl (C=O) groups excluding carboxylic acids is 1. The first kappa shape index (κ1) is 27.3. The van der Waals surface area contributed by atoms with Crippen LogP contribution in [-0.4, -0.2) is 84.3 Å². The van der Waals surface area contributed by atoms with Gasteiger partial charge >= 0.3 is 24.4 Å². The molecule has 1 heterocycles. The van der Waals surface area contributed by atoms with E-state index in [2.05, 4.69) is 4.74 Å². The van der Waals surface area contributed by atoms with E-state index in [1.54, 1.807) is 17.0 Å². The van der Waals surface area contributed by atoms with Gasteiger partial charge in [0.2, 0.25) is 0 Å². The van der Waals surface area contributed by atoms with E-state index >= 15 is 0 Å². The Kier molecular flexibility index (Phi) is 8.17. The lowest BCUT2D eigenvalue weighted by molar-refractivity contribution is -0.308. The standard InChI is InChI=1S/C20H24F6N2O6/c1-18(2,16(29)30)34-14-9-12(8-13(10-14)32-3)11-27-4-6-28(7-5-27)17(31)33-15(19(21,22)23)20(24,25)26/h8-10,15H,4-7,11H2,1-3H3,(H,29,30). The fourth-order valence-corrected chi connectivity index (χ4v) is 3.08. The molecule has 2 rings (SSSR count). The lowest BCUT2D eigenvalue weighted by Gasteiger charge is -2.35. The van der Waals surface area contributed by atoms with Gasteiger partial charge in [-0.1, -0.05) is 0 Å². The van der Waals surface area contributed by atoms with Crippen molar-refractivity contribution < 1.29 is 55.2 Å². The largest absolute Gasteiger partial charge is 0.497 e. The quantitative estimate of drug-likeness (QED) is 0.569. The first-order chi connectivity index (χ1) is 15.5. The molecule has 8 nitrogen and oxygen atoms in total. The van der Waals surface area contributed by atoms with Crippen LogP contribution in [0.3, 0.4) is 0 Å². The first-order valence-corrected chi connectivity index (χ1v) is 9.94. The summed E-state index contributed by atoms with van der Waals surface area (Å²) < 4.78 is 90.1. The van der Waals surface area contributed by atoms with Gasteiger partial charge in [0.15, 0.2) is 5.60 Å². The smallest absolute Gasteiger partial charge is 0.434 e. The van der Waals surface area contributed by atoms with Crippen molar-refractivity contribution in [3.63, 3.8) is 0 Å². The zero-order valence-corrected chi connectivity index (χ0v) is 18.5. The van der Waals surface area contributed by atoms with Crippen molar-refractivity contribution in [2.45, 2.75) is 44.4 Å². The van der Waals surface area contributed by atoms with E-state index in [4.69, 9.17) is 9.47 Å². The maximum Gasteiger partial charge on any atom is 0.434 e. The van der Waals surface area contributed by atoms with Gasteiger partial charge in [-0.15, -0.1) is 0 Å². The maximum absolute atomic E-state index is 12.6. The monoisotopic (exact) mass is 502 g/mol. The number of ether oxygens (including phenoxy) is 3. The van der Waals surface area contributed by atoms with Crippen molar-refractivity contribution in [3.05, 3.63) is 23.8 Å². The van der Waals surface area contributed by atoms with Crippen molar-refractivity contribution in [2.24, 2.45) is 0 Å². The number of carboxylic acids is 1. The van der Waals surface area contributed by atoms with Crippen LogP contribution in [0.4, 0.5) is 31.1 Å². The Morgan fingerprint density at radius 2 is 1.50 bits per heavy atom. The van der Waals surface area contributed by atoms with Crippen LogP contribution in [0, 0.1) is 0 Å². The molecule has 0 bridgehead atoms. The van der Waals surface area contributed by atoms with Crippen LogP contribution in [0.5, 0.6) is 11.5 Å². The third kappa shape index (κ3) is 7.30. The summed E-state index contributed by atoms with van der Waals surface area (Å²) in [5.41, 5.74) is -0.860. The Labute approximate surface area is 191 Å². The van der Waals surface area contributed by atoms with Gasteiger partial charge in [-0.2, -0.15) is 26.3 Å². The average molecular weight is 502 g/mol. The molecule has 1 aliphatic rings. The van der Waals surface area contributed by atoms with E-state index in [0.29, 0.717) is 11.3 Å². The van der Waals surface area contributed by atoms with Gasteiger partial charge in [-0.05, 0) is 31.5 Å². The number of benzene rings is 1. The molecule has 192 valence electrons. The highest BCUT2D eigenvalue weighted by molar-refractivity contribution is 5.76. The number of piperazine rings is 1. The second-order valence-electron chi connectivity index (χ2n) is 8.04. The van der Waals surface area contributed by atoms with Crippen LogP contribution in [0.25, 0.3) is 0 Å². The van der Waals surface area contributed by atoms with E-state index < -0.39 is 36.1 Å². The topological polar surface area (TPSA) is 88.5 Å². The van der Waals surface area contributed by atoms with Crippen LogP contribution in [0.2, 0.25) is 0 Å². The number of methoxy groups -OCH3 is 1. The molecule has 1 aromatic rings. The van der Waals surface area contributed by atoms with Gasteiger partial charge in [0.1, 0.15) is 11.5 Å². The van der Waals surface area contributed by atoms with Gasteiger partial charge in [0.05, 0.1) is 7.11 Å². The number of hydrogen-bond donors (Lipinski definition) is 1. The van der Waals surface area contributed by atoms with Gasteiger partial charge < -0.3 is 24.2 Å². The third-order valence-electron chi connectivity index (χ3n) is 4.91. The van der Waals surface area contributed by atoms with Crippen molar-refractivity contribution in [1.82, 2.24) is 9.80 Å². The highest BCUT2D eigenvalue weighted by atomic mass is 19.4. The van der Waals surface area contributed by atoms with E-state index in [-0.39, 0.29) is 38.5 Å². The molecule has 1 aliphatic heterocycles. The van der Waals surface area contributed by atoms with Gasteiger partial charge in [0, 0.05) is 38.8 Å². The lowest BCUT2D eigenvalue weighted by atomic mass is 10.1. The number of alkyl halides is 6. The first-order valence-electron chi connectivity index (χ1n) is 9.94. The van der Waals surface area contributed by atoms with E-state index in [9.17, 15) is 41.0 Å². The second-order valence-corrected chi connectivity index (χ2v) is 8.04. The molecule has 0 aromatic heterocycles. The van der Waals surface area contributed by atoms with Crippen molar-refractivity contribution >= 4 is 12.1 Å². The Morgan fingerprint density at radius 3 is 1.97 bits per heavy atom. The van der Waals surface area contributed by atoms with Crippen molar-refractivity contribution in [2.75, 3.05) is 33.3 Å². The third-order valence-corrected chi connectivity index (χ3v) is 4.91. The molecule has 14 heteroatoms. The lowest BCUT2D eigenvalue weighted by Crippen LogP contribution is -2.52. The number of carboxylic acid groups (broad SMARTS) is 1. The van der Waals surface area contributed by atoms with Crippen LogP contribution in [-0.2, 0) is 16.1 Å². The van der Waals surface area contributed by atoms with Crippen LogP contribution < -0.4 is 9.47 Å². The summed E-state index contributed by atoms with van der Waals surface area (Å²) in [6.07, 6.45) is -17.5. The molecule has 1 amide bonds. The van der Waals surface area contributed by atoms with Crippen LogP contribution in [0.15, 0.2) is 18.2 Å². The SMILES string of the molecule is COc1cc(CN2CCN(C(=O)OC(C(F)(F)F)C(F)(F)F)CC2)cc(OC(C)(C)C(=O)O)c1. The second kappa shape index (κ2) is 10.2. The highest BCUT2D eigenvalue weighted by Crippen LogP contribution is 2.36. The summed E-state index contributed by atoms with van der Waals surface area (Å²) >= 11 is 0. The number of hydrogen-bond acceptors (Lipinski definition) is 6. The zero-order valence-electron chi connectivity index (χ0n) is 18.5. The molecule has 0 aliphatic carbocycles. The number of amides is 1. The molecule has 0 atom stereocenters. The minimum Gasteiger partial charge on any atom is -0.497 e. The summed E-state index contributed by atoms with van der Waals surface area (Å²) in [4.78, 5) is 25.8. The van der Waals surface area contributed by atoms with Gasteiger partial charge in [-0.3, -0.25) is 4.90 Å². The summed E-state index contributed by atoms with van der Waals surface area (Å²) in [5.74, 6) is -0.561. The van der Waals surface area contributed by atoms with Crippen LogP contribution in [0.1, 0.15) is 19.4 Å². The van der Waals surface area contributed by atoms with Crippen molar-refractivity contribution in [3.8, 4) is 11.5 Å². The Bertz CT molecular complexity index is 867. The predicted octanol–water partition coefficient (Wildman–Crippen LogP) is 3.68. The molecule has 1 saturated heterocycles. The normalized spacial score (nSPS) is 15.9. The molecule has 1 aromatic carbocycles.